The Morgan fingerprint density at radius 1 is 1.19 bits per heavy atom. The van der Waals surface area contributed by atoms with Crippen LogP contribution in [0.1, 0.15) is 11.1 Å². The van der Waals surface area contributed by atoms with Crippen LogP contribution in [-0.4, -0.2) is 26.6 Å². The number of benzene rings is 2. The van der Waals surface area contributed by atoms with Crippen LogP contribution in [0.2, 0.25) is 0 Å². The summed E-state index contributed by atoms with van der Waals surface area (Å²) in [4.78, 5) is 11.7. The molecule has 0 spiro atoms. The van der Waals surface area contributed by atoms with E-state index in [2.05, 4.69) is 4.72 Å². The number of fused-ring (bicyclic) bond motifs is 1. The van der Waals surface area contributed by atoms with Crippen LogP contribution in [0, 0.1) is 6.92 Å². The lowest BCUT2D eigenvalue weighted by atomic mass is 10.1. The van der Waals surface area contributed by atoms with E-state index in [4.69, 9.17) is 9.15 Å². The van der Waals surface area contributed by atoms with Gasteiger partial charge in [0.15, 0.2) is 5.58 Å². The number of aryl methyl sites for hydroxylation is 2. The molecule has 0 aliphatic heterocycles. The molecule has 0 unspecified atom stereocenters. The van der Waals surface area contributed by atoms with Gasteiger partial charge in [-0.25, -0.2) is 17.9 Å². The highest BCUT2D eigenvalue weighted by molar-refractivity contribution is 7.89. The number of aromatic nitrogens is 1. The number of rotatable bonds is 6. The van der Waals surface area contributed by atoms with Gasteiger partial charge in [0.1, 0.15) is 5.75 Å². The van der Waals surface area contributed by atoms with E-state index in [1.165, 1.54) is 10.6 Å². The molecule has 1 heterocycles. The molecule has 3 aromatic rings. The Morgan fingerprint density at radius 2 is 1.88 bits per heavy atom. The second-order valence-electron chi connectivity index (χ2n) is 6.01. The lowest BCUT2D eigenvalue weighted by Gasteiger charge is -2.10. The highest BCUT2D eigenvalue weighted by Gasteiger charge is 2.19. The van der Waals surface area contributed by atoms with Crippen molar-refractivity contribution in [3.05, 3.63) is 58.1 Å². The van der Waals surface area contributed by atoms with Crippen molar-refractivity contribution in [3.63, 3.8) is 0 Å². The molecular weight excluding hydrogens is 356 g/mol. The minimum Gasteiger partial charge on any atom is -0.497 e. The Labute approximate surface area is 151 Å². The molecule has 0 aliphatic rings. The molecule has 0 amide bonds. The van der Waals surface area contributed by atoms with E-state index in [9.17, 15) is 13.2 Å². The van der Waals surface area contributed by atoms with Crippen LogP contribution >= 0.6 is 0 Å². The summed E-state index contributed by atoms with van der Waals surface area (Å²) < 4.78 is 39.4. The monoisotopic (exact) mass is 376 g/mol. The van der Waals surface area contributed by atoms with Gasteiger partial charge in [-0.05, 0) is 42.7 Å². The van der Waals surface area contributed by atoms with Crippen molar-refractivity contribution < 1.29 is 17.6 Å². The summed E-state index contributed by atoms with van der Waals surface area (Å²) in [7, 11) is -0.542. The van der Waals surface area contributed by atoms with E-state index in [1.807, 2.05) is 24.3 Å². The Bertz CT molecular complexity index is 1100. The second-order valence-corrected chi connectivity index (χ2v) is 7.74. The molecule has 2 aromatic carbocycles. The first-order valence-corrected chi connectivity index (χ1v) is 9.53. The van der Waals surface area contributed by atoms with Gasteiger partial charge < -0.3 is 9.15 Å². The maximum atomic E-state index is 12.6. The lowest BCUT2D eigenvalue weighted by Crippen LogP contribution is -2.26. The van der Waals surface area contributed by atoms with E-state index < -0.39 is 15.8 Å². The fourth-order valence-corrected chi connectivity index (χ4v) is 4.02. The average molecular weight is 376 g/mol. The first-order chi connectivity index (χ1) is 12.3. The predicted molar refractivity (Wildman–Crippen MR) is 98.1 cm³/mol. The van der Waals surface area contributed by atoms with Crippen molar-refractivity contribution in [2.24, 2.45) is 7.05 Å². The number of sulfonamides is 1. The predicted octanol–water partition coefficient (Wildman–Crippen LogP) is 1.97. The number of hydrogen-bond donors (Lipinski definition) is 1. The van der Waals surface area contributed by atoms with Gasteiger partial charge in [0, 0.05) is 19.7 Å². The van der Waals surface area contributed by atoms with E-state index in [-0.39, 0.29) is 17.0 Å². The van der Waals surface area contributed by atoms with E-state index in [1.54, 1.807) is 27.1 Å². The van der Waals surface area contributed by atoms with Crippen molar-refractivity contribution >= 4 is 21.1 Å². The van der Waals surface area contributed by atoms with Crippen LogP contribution in [0.3, 0.4) is 0 Å². The lowest BCUT2D eigenvalue weighted by molar-refractivity contribution is 0.414. The van der Waals surface area contributed by atoms with Crippen molar-refractivity contribution in [2.45, 2.75) is 18.2 Å². The molecule has 8 heteroatoms. The fourth-order valence-electron chi connectivity index (χ4n) is 2.75. The third-order valence-electron chi connectivity index (χ3n) is 4.24. The standard InChI is InChI=1S/C18H20N2O5S/c1-12-10-15-16(25-18(21)20(15)2)11-17(12)26(22,23)19-9-8-13-4-6-14(24-3)7-5-13/h4-7,10-11,19H,8-9H2,1-3H3. The number of nitrogens with one attached hydrogen (secondary N) is 1. The Balaban J connectivity index is 1.78. The van der Waals surface area contributed by atoms with Crippen LogP contribution in [0.15, 0.2) is 50.5 Å². The molecular formula is C18H20N2O5S. The number of ether oxygens (including phenoxy) is 1. The van der Waals surface area contributed by atoms with Crippen molar-refractivity contribution in [1.82, 2.24) is 9.29 Å². The highest BCUT2D eigenvalue weighted by Crippen LogP contribution is 2.22. The topological polar surface area (TPSA) is 90.5 Å². The van der Waals surface area contributed by atoms with E-state index in [0.717, 1.165) is 11.3 Å². The first-order valence-electron chi connectivity index (χ1n) is 8.04. The van der Waals surface area contributed by atoms with Gasteiger partial charge in [-0.2, -0.15) is 0 Å². The molecule has 1 N–H and O–H groups in total. The molecule has 1 aromatic heterocycles. The number of hydrogen-bond acceptors (Lipinski definition) is 5. The Kier molecular flexibility index (Phi) is 4.88. The van der Waals surface area contributed by atoms with Gasteiger partial charge in [-0.15, -0.1) is 0 Å². The Hall–Kier alpha value is -2.58. The molecule has 0 fully saturated rings. The zero-order valence-electron chi connectivity index (χ0n) is 14.8. The summed E-state index contributed by atoms with van der Waals surface area (Å²) in [6.07, 6.45) is 0.547. The molecule has 138 valence electrons. The smallest absolute Gasteiger partial charge is 0.419 e. The fraction of sp³-hybridized carbons (Fsp3) is 0.278. The minimum atomic E-state index is -3.71. The highest BCUT2D eigenvalue weighted by atomic mass is 32.2. The number of methoxy groups -OCH3 is 1. The van der Waals surface area contributed by atoms with E-state index in [0.29, 0.717) is 17.5 Å². The summed E-state index contributed by atoms with van der Waals surface area (Å²) >= 11 is 0. The first kappa shape index (κ1) is 18.2. The van der Waals surface area contributed by atoms with E-state index >= 15 is 0 Å². The van der Waals surface area contributed by atoms with Gasteiger partial charge >= 0.3 is 5.76 Å². The van der Waals surface area contributed by atoms with Crippen LogP contribution in [0.5, 0.6) is 5.75 Å². The maximum absolute atomic E-state index is 12.6. The Morgan fingerprint density at radius 3 is 2.54 bits per heavy atom. The summed E-state index contributed by atoms with van der Waals surface area (Å²) in [5, 5.41) is 0. The van der Waals surface area contributed by atoms with Crippen LogP contribution < -0.4 is 15.2 Å². The third-order valence-corrected chi connectivity index (χ3v) is 5.85. The van der Waals surface area contributed by atoms with Crippen LogP contribution in [0.25, 0.3) is 11.1 Å². The van der Waals surface area contributed by atoms with Gasteiger partial charge in [-0.3, -0.25) is 4.57 Å². The number of nitrogens with zero attached hydrogens (tertiary/aromatic N) is 1. The SMILES string of the molecule is COc1ccc(CCNS(=O)(=O)c2cc3oc(=O)n(C)c3cc2C)cc1. The molecule has 0 saturated carbocycles. The summed E-state index contributed by atoms with van der Waals surface area (Å²) in [5.41, 5.74) is 2.35. The van der Waals surface area contributed by atoms with Crippen molar-refractivity contribution in [2.75, 3.05) is 13.7 Å². The van der Waals surface area contributed by atoms with Gasteiger partial charge in [0.05, 0.1) is 17.5 Å². The van der Waals surface area contributed by atoms with Gasteiger partial charge in [0.25, 0.3) is 0 Å². The minimum absolute atomic E-state index is 0.106. The van der Waals surface area contributed by atoms with Crippen molar-refractivity contribution in [1.29, 1.82) is 0 Å². The zero-order chi connectivity index (χ0) is 18.9. The molecule has 7 nitrogen and oxygen atoms in total. The largest absolute Gasteiger partial charge is 0.497 e. The normalized spacial score (nSPS) is 11.8. The van der Waals surface area contributed by atoms with Crippen LogP contribution in [0.4, 0.5) is 0 Å². The van der Waals surface area contributed by atoms with Gasteiger partial charge in [0.2, 0.25) is 10.0 Å². The van der Waals surface area contributed by atoms with Gasteiger partial charge in [-0.1, -0.05) is 12.1 Å². The second kappa shape index (κ2) is 6.97. The zero-order valence-corrected chi connectivity index (χ0v) is 15.6. The molecule has 3 rings (SSSR count). The molecule has 0 atom stereocenters. The average Bonchev–Trinajstić information content (AvgIpc) is 2.89. The number of oxazole rings is 1. The summed E-state index contributed by atoms with van der Waals surface area (Å²) in [6.45, 7) is 1.94. The molecule has 0 bridgehead atoms. The maximum Gasteiger partial charge on any atom is 0.419 e. The van der Waals surface area contributed by atoms with Crippen molar-refractivity contribution in [3.8, 4) is 5.75 Å². The van der Waals surface area contributed by atoms with Crippen LogP contribution in [-0.2, 0) is 23.5 Å². The molecule has 0 aliphatic carbocycles. The molecule has 0 saturated heterocycles. The third kappa shape index (κ3) is 3.51. The quantitative estimate of drug-likeness (QED) is 0.710. The molecule has 0 radical (unpaired) electrons. The summed E-state index contributed by atoms with van der Waals surface area (Å²) in [5.74, 6) is 0.226. The molecule has 26 heavy (non-hydrogen) atoms. The summed E-state index contributed by atoms with van der Waals surface area (Å²) in [6, 6.07) is 10.5.